The molecule has 0 radical (unpaired) electrons. The predicted molar refractivity (Wildman–Crippen MR) is 60.7 cm³/mol. The van der Waals surface area contributed by atoms with Gasteiger partial charge in [0.15, 0.2) is 0 Å². The topological polar surface area (TPSA) is 48.3 Å². The van der Waals surface area contributed by atoms with Crippen molar-refractivity contribution in [2.24, 2.45) is 7.05 Å². The zero-order valence-electron chi connectivity index (χ0n) is 9.54. The molecule has 0 spiro atoms. The van der Waals surface area contributed by atoms with Crippen LogP contribution in [0.25, 0.3) is 0 Å². The molecule has 0 aliphatic rings. The number of hydrogen-bond donors (Lipinski definition) is 0. The van der Waals surface area contributed by atoms with Gasteiger partial charge in [-0.25, -0.2) is 0 Å². The van der Waals surface area contributed by atoms with Crippen molar-refractivity contribution < 1.29 is 14.3 Å². The lowest BCUT2D eigenvalue weighted by atomic mass is 10.2. The Labute approximate surface area is 99.1 Å². The molecular weight excluding hydrogens is 230 g/mol. The normalized spacial score (nSPS) is 10.2. The van der Waals surface area contributed by atoms with E-state index in [4.69, 9.17) is 16.3 Å². The number of nitrogens with zero attached hydrogens (tertiary/aromatic N) is 1. The van der Waals surface area contributed by atoms with E-state index in [1.807, 2.05) is 0 Å². The molecule has 0 unspecified atom stereocenters. The third-order valence-corrected chi connectivity index (χ3v) is 2.52. The molecule has 1 rings (SSSR count). The largest absolute Gasteiger partial charge is 0.466 e. The molecule has 0 bridgehead atoms. The summed E-state index contributed by atoms with van der Waals surface area (Å²) in [5, 5.41) is -0.518. The first-order valence-electron chi connectivity index (χ1n) is 4.98. The number of esters is 1. The molecule has 16 heavy (non-hydrogen) atoms. The summed E-state index contributed by atoms with van der Waals surface area (Å²) in [6, 6.07) is 1.77. The van der Waals surface area contributed by atoms with Gasteiger partial charge in [0.2, 0.25) is 0 Å². The molecule has 1 aromatic heterocycles. The summed E-state index contributed by atoms with van der Waals surface area (Å²) in [7, 11) is 1.71. The van der Waals surface area contributed by atoms with Crippen LogP contribution in [-0.2, 0) is 23.0 Å². The highest BCUT2D eigenvalue weighted by molar-refractivity contribution is 6.67. The fraction of sp³-hybridized carbons (Fsp3) is 0.455. The van der Waals surface area contributed by atoms with Crippen molar-refractivity contribution >= 4 is 22.8 Å². The highest BCUT2D eigenvalue weighted by Crippen LogP contribution is 2.16. The second kappa shape index (κ2) is 5.16. The number of rotatable bonds is 4. The Bertz CT molecular complexity index is 423. The molecule has 4 nitrogen and oxygen atoms in total. The molecule has 88 valence electrons. The maximum absolute atomic E-state index is 11.3. The molecule has 0 amide bonds. The zero-order valence-corrected chi connectivity index (χ0v) is 10.3. The fourth-order valence-electron chi connectivity index (χ4n) is 1.64. The van der Waals surface area contributed by atoms with Crippen LogP contribution in [0.15, 0.2) is 6.07 Å². The van der Waals surface area contributed by atoms with Crippen molar-refractivity contribution in [1.82, 2.24) is 4.57 Å². The first kappa shape index (κ1) is 12.8. The summed E-state index contributed by atoms with van der Waals surface area (Å²) in [6.45, 7) is 3.88. The van der Waals surface area contributed by atoms with E-state index in [2.05, 4.69) is 0 Å². The van der Waals surface area contributed by atoms with E-state index in [0.717, 1.165) is 11.3 Å². The van der Waals surface area contributed by atoms with Crippen molar-refractivity contribution in [3.05, 3.63) is 23.0 Å². The lowest BCUT2D eigenvalue weighted by Gasteiger charge is -2.05. The third kappa shape index (κ3) is 2.64. The molecule has 0 aliphatic heterocycles. The lowest BCUT2D eigenvalue weighted by Crippen LogP contribution is -2.12. The van der Waals surface area contributed by atoms with E-state index >= 15 is 0 Å². The van der Waals surface area contributed by atoms with Gasteiger partial charge >= 0.3 is 5.97 Å². The highest BCUT2D eigenvalue weighted by atomic mass is 35.5. The van der Waals surface area contributed by atoms with Gasteiger partial charge in [0.1, 0.15) is 5.69 Å². The zero-order chi connectivity index (χ0) is 12.3. The number of carbonyl (C=O) groups excluding carboxylic acids is 2. The van der Waals surface area contributed by atoms with Crippen LogP contribution in [-0.4, -0.2) is 22.4 Å². The van der Waals surface area contributed by atoms with Crippen LogP contribution in [0.4, 0.5) is 0 Å². The second-order valence-corrected chi connectivity index (χ2v) is 3.83. The fourth-order valence-corrected chi connectivity index (χ4v) is 1.92. The van der Waals surface area contributed by atoms with Gasteiger partial charge in [-0.1, -0.05) is 0 Å². The number of hydrogen-bond acceptors (Lipinski definition) is 3. The van der Waals surface area contributed by atoms with Gasteiger partial charge in [-0.15, -0.1) is 0 Å². The van der Waals surface area contributed by atoms with Gasteiger partial charge in [-0.2, -0.15) is 0 Å². The minimum Gasteiger partial charge on any atom is -0.466 e. The molecule has 0 N–H and O–H groups in total. The monoisotopic (exact) mass is 243 g/mol. The molecular formula is C11H14ClNO3. The SMILES string of the molecule is CCOC(=O)Cc1cc(C)c(C(=O)Cl)n1C. The van der Waals surface area contributed by atoms with E-state index in [0.29, 0.717) is 12.3 Å². The third-order valence-electron chi connectivity index (χ3n) is 2.34. The maximum Gasteiger partial charge on any atom is 0.311 e. The average Bonchev–Trinajstić information content (AvgIpc) is 2.42. The molecule has 0 fully saturated rings. The Morgan fingerprint density at radius 2 is 2.12 bits per heavy atom. The molecule has 0 saturated carbocycles. The van der Waals surface area contributed by atoms with Crippen LogP contribution >= 0.6 is 11.6 Å². The molecule has 0 aromatic carbocycles. The van der Waals surface area contributed by atoms with Crippen molar-refractivity contribution in [1.29, 1.82) is 0 Å². The van der Waals surface area contributed by atoms with Crippen LogP contribution in [0, 0.1) is 6.92 Å². The Kier molecular flexibility index (Phi) is 4.12. The quantitative estimate of drug-likeness (QED) is 0.599. The lowest BCUT2D eigenvalue weighted by molar-refractivity contribution is -0.142. The van der Waals surface area contributed by atoms with E-state index < -0.39 is 5.24 Å². The number of aryl methyl sites for hydroxylation is 1. The van der Waals surface area contributed by atoms with Crippen molar-refractivity contribution in [2.45, 2.75) is 20.3 Å². The van der Waals surface area contributed by atoms with Crippen LogP contribution in [0.2, 0.25) is 0 Å². The van der Waals surface area contributed by atoms with Gasteiger partial charge < -0.3 is 9.30 Å². The van der Waals surface area contributed by atoms with Gasteiger partial charge in [-0.05, 0) is 37.1 Å². The van der Waals surface area contributed by atoms with Crippen molar-refractivity contribution in [3.8, 4) is 0 Å². The smallest absolute Gasteiger partial charge is 0.311 e. The van der Waals surface area contributed by atoms with Crippen LogP contribution in [0.1, 0.15) is 28.7 Å². The standard InChI is InChI=1S/C11H14ClNO3/c1-4-16-9(14)6-8-5-7(2)10(11(12)15)13(8)3/h5H,4,6H2,1-3H3. The molecule has 0 saturated heterocycles. The minimum absolute atomic E-state index is 0.148. The summed E-state index contributed by atoms with van der Waals surface area (Å²) < 4.78 is 6.47. The van der Waals surface area contributed by atoms with Crippen molar-refractivity contribution in [2.75, 3.05) is 6.61 Å². The van der Waals surface area contributed by atoms with E-state index in [1.165, 1.54) is 0 Å². The maximum atomic E-state index is 11.3. The average molecular weight is 244 g/mol. The summed E-state index contributed by atoms with van der Waals surface area (Å²) in [5.74, 6) is -0.309. The van der Waals surface area contributed by atoms with Crippen LogP contribution in [0.5, 0.6) is 0 Å². The van der Waals surface area contributed by atoms with E-state index in [1.54, 1.807) is 31.5 Å². The number of ether oxygens (including phenoxy) is 1. The van der Waals surface area contributed by atoms with E-state index in [9.17, 15) is 9.59 Å². The molecule has 0 aliphatic carbocycles. The van der Waals surface area contributed by atoms with Gasteiger partial charge in [-0.3, -0.25) is 9.59 Å². The Hall–Kier alpha value is -1.29. The highest BCUT2D eigenvalue weighted by Gasteiger charge is 2.16. The minimum atomic E-state index is -0.518. The van der Waals surface area contributed by atoms with Crippen LogP contribution in [0.3, 0.4) is 0 Å². The Morgan fingerprint density at radius 3 is 2.56 bits per heavy atom. The van der Waals surface area contributed by atoms with Gasteiger partial charge in [0.25, 0.3) is 5.24 Å². The number of aromatic nitrogens is 1. The first-order valence-corrected chi connectivity index (χ1v) is 5.35. The molecule has 1 aromatic rings. The Morgan fingerprint density at radius 1 is 1.50 bits per heavy atom. The summed E-state index contributed by atoms with van der Waals surface area (Å²) in [6.07, 6.45) is 0.148. The summed E-state index contributed by atoms with van der Waals surface area (Å²) in [4.78, 5) is 22.4. The predicted octanol–water partition coefficient (Wildman–Crippen LogP) is 1.82. The van der Waals surface area contributed by atoms with Gasteiger partial charge in [0, 0.05) is 12.7 Å². The van der Waals surface area contributed by atoms with Gasteiger partial charge in [0.05, 0.1) is 13.0 Å². The Balaban J connectivity index is 2.95. The van der Waals surface area contributed by atoms with Crippen molar-refractivity contribution in [3.63, 3.8) is 0 Å². The summed E-state index contributed by atoms with van der Waals surface area (Å²) >= 11 is 5.45. The molecule has 5 heteroatoms. The number of carbonyl (C=O) groups is 2. The second-order valence-electron chi connectivity index (χ2n) is 3.48. The number of halogens is 1. The molecule has 0 atom stereocenters. The van der Waals surface area contributed by atoms with E-state index in [-0.39, 0.29) is 12.4 Å². The molecule has 1 heterocycles. The first-order chi connectivity index (χ1) is 7.47. The summed E-state index contributed by atoms with van der Waals surface area (Å²) in [5.41, 5.74) is 1.91. The van der Waals surface area contributed by atoms with Crippen LogP contribution < -0.4 is 0 Å².